The summed E-state index contributed by atoms with van der Waals surface area (Å²) in [5, 5.41) is 8.42. The molecule has 1 fully saturated rings. The SMILES string of the molecule is CN(CCC1CCC1)C(=O)CC(=O)O. The molecule has 0 aromatic carbocycles. The van der Waals surface area contributed by atoms with Gasteiger partial charge in [0, 0.05) is 13.6 Å². The summed E-state index contributed by atoms with van der Waals surface area (Å²) < 4.78 is 0. The minimum Gasteiger partial charge on any atom is -0.481 e. The summed E-state index contributed by atoms with van der Waals surface area (Å²) in [7, 11) is 1.67. The Bertz CT molecular complexity index is 223. The van der Waals surface area contributed by atoms with Crippen LogP contribution in [0.5, 0.6) is 0 Å². The molecule has 1 saturated carbocycles. The van der Waals surface area contributed by atoms with E-state index in [1.807, 2.05) is 0 Å². The molecule has 0 heterocycles. The van der Waals surface area contributed by atoms with Crippen molar-refractivity contribution in [2.24, 2.45) is 5.92 Å². The highest BCUT2D eigenvalue weighted by atomic mass is 16.4. The van der Waals surface area contributed by atoms with Crippen LogP contribution in [0, 0.1) is 5.92 Å². The Labute approximate surface area is 83.9 Å². The topological polar surface area (TPSA) is 57.6 Å². The van der Waals surface area contributed by atoms with Crippen LogP contribution in [0.25, 0.3) is 0 Å². The smallest absolute Gasteiger partial charge is 0.312 e. The highest BCUT2D eigenvalue weighted by molar-refractivity contribution is 5.93. The van der Waals surface area contributed by atoms with Crippen LogP contribution in [0.3, 0.4) is 0 Å². The predicted octanol–water partition coefficient (Wildman–Crippen LogP) is 1.11. The Morgan fingerprint density at radius 2 is 2.07 bits per heavy atom. The average Bonchev–Trinajstić information content (AvgIpc) is 1.99. The van der Waals surface area contributed by atoms with Gasteiger partial charge in [-0.3, -0.25) is 9.59 Å². The zero-order valence-electron chi connectivity index (χ0n) is 8.53. The van der Waals surface area contributed by atoms with Gasteiger partial charge in [-0.2, -0.15) is 0 Å². The van der Waals surface area contributed by atoms with E-state index in [4.69, 9.17) is 5.11 Å². The zero-order chi connectivity index (χ0) is 10.6. The first-order valence-electron chi connectivity index (χ1n) is 5.05. The number of carboxylic acids is 1. The molecule has 0 bridgehead atoms. The van der Waals surface area contributed by atoms with Gasteiger partial charge in [0.1, 0.15) is 6.42 Å². The molecule has 0 spiro atoms. The molecule has 1 aliphatic carbocycles. The summed E-state index contributed by atoms with van der Waals surface area (Å²) in [5.41, 5.74) is 0. The van der Waals surface area contributed by atoms with Gasteiger partial charge in [-0.1, -0.05) is 19.3 Å². The summed E-state index contributed by atoms with van der Waals surface area (Å²) in [6.07, 6.45) is 4.46. The summed E-state index contributed by atoms with van der Waals surface area (Å²) in [6.45, 7) is 0.691. The zero-order valence-corrected chi connectivity index (χ0v) is 8.53. The highest BCUT2D eigenvalue weighted by Gasteiger charge is 2.19. The maximum atomic E-state index is 11.2. The minimum atomic E-state index is -1.05. The number of nitrogens with zero attached hydrogens (tertiary/aromatic N) is 1. The fourth-order valence-electron chi connectivity index (χ4n) is 1.55. The highest BCUT2D eigenvalue weighted by Crippen LogP contribution is 2.29. The number of hydrogen-bond acceptors (Lipinski definition) is 2. The van der Waals surface area contributed by atoms with Gasteiger partial charge < -0.3 is 10.0 Å². The maximum Gasteiger partial charge on any atom is 0.312 e. The monoisotopic (exact) mass is 199 g/mol. The van der Waals surface area contributed by atoms with Crippen molar-refractivity contribution in [3.8, 4) is 0 Å². The van der Waals surface area contributed by atoms with Gasteiger partial charge in [0.05, 0.1) is 0 Å². The number of carbonyl (C=O) groups excluding carboxylic acids is 1. The van der Waals surface area contributed by atoms with E-state index in [1.165, 1.54) is 24.2 Å². The summed E-state index contributed by atoms with van der Waals surface area (Å²) in [4.78, 5) is 23.0. The number of carbonyl (C=O) groups is 2. The molecule has 0 aromatic rings. The first kappa shape index (κ1) is 11.0. The molecule has 1 rings (SSSR count). The predicted molar refractivity (Wildman–Crippen MR) is 51.8 cm³/mol. The van der Waals surface area contributed by atoms with E-state index >= 15 is 0 Å². The molecule has 0 aliphatic heterocycles. The minimum absolute atomic E-state index is 0.295. The van der Waals surface area contributed by atoms with Crippen molar-refractivity contribution in [1.29, 1.82) is 0 Å². The van der Waals surface area contributed by atoms with Gasteiger partial charge in [0.15, 0.2) is 0 Å². The molecule has 0 unspecified atom stereocenters. The van der Waals surface area contributed by atoms with Crippen LogP contribution >= 0.6 is 0 Å². The number of carboxylic acid groups (broad SMARTS) is 1. The van der Waals surface area contributed by atoms with Crippen molar-refractivity contribution < 1.29 is 14.7 Å². The largest absolute Gasteiger partial charge is 0.481 e. The lowest BCUT2D eigenvalue weighted by atomic mass is 9.83. The second-order valence-electron chi connectivity index (χ2n) is 3.97. The second-order valence-corrected chi connectivity index (χ2v) is 3.97. The lowest BCUT2D eigenvalue weighted by Crippen LogP contribution is -2.31. The van der Waals surface area contributed by atoms with Crippen molar-refractivity contribution in [2.45, 2.75) is 32.1 Å². The number of aliphatic carboxylic acids is 1. The number of hydrogen-bond donors (Lipinski definition) is 1. The van der Waals surface area contributed by atoms with Crippen LogP contribution in [0.1, 0.15) is 32.1 Å². The molecule has 0 atom stereocenters. The van der Waals surface area contributed by atoms with E-state index in [9.17, 15) is 9.59 Å². The van der Waals surface area contributed by atoms with Crippen LogP contribution in [0.2, 0.25) is 0 Å². The molecule has 1 N–H and O–H groups in total. The molecule has 14 heavy (non-hydrogen) atoms. The Morgan fingerprint density at radius 1 is 1.43 bits per heavy atom. The molecule has 1 aliphatic rings. The molecule has 4 nitrogen and oxygen atoms in total. The summed E-state index contributed by atoms with van der Waals surface area (Å²) in [5.74, 6) is -0.586. The van der Waals surface area contributed by atoms with Crippen molar-refractivity contribution >= 4 is 11.9 Å². The molecular formula is C10H17NO3. The van der Waals surface area contributed by atoms with Crippen molar-refractivity contribution in [3.05, 3.63) is 0 Å². The average molecular weight is 199 g/mol. The first-order valence-corrected chi connectivity index (χ1v) is 5.05. The van der Waals surface area contributed by atoms with E-state index in [0.717, 1.165) is 12.3 Å². The van der Waals surface area contributed by atoms with Crippen molar-refractivity contribution in [2.75, 3.05) is 13.6 Å². The van der Waals surface area contributed by atoms with Gasteiger partial charge in [-0.05, 0) is 12.3 Å². The van der Waals surface area contributed by atoms with E-state index in [0.29, 0.717) is 6.54 Å². The van der Waals surface area contributed by atoms with Gasteiger partial charge >= 0.3 is 5.97 Å². The van der Waals surface area contributed by atoms with Gasteiger partial charge in [0.25, 0.3) is 0 Å². The van der Waals surface area contributed by atoms with Crippen LogP contribution < -0.4 is 0 Å². The third-order valence-electron chi connectivity index (χ3n) is 2.83. The van der Waals surface area contributed by atoms with Gasteiger partial charge in [0.2, 0.25) is 5.91 Å². The third kappa shape index (κ3) is 3.36. The standard InChI is InChI=1S/C10H17NO3/c1-11(9(12)7-10(13)14)6-5-8-3-2-4-8/h8H,2-7H2,1H3,(H,13,14). The van der Waals surface area contributed by atoms with Crippen molar-refractivity contribution in [1.82, 2.24) is 4.90 Å². The molecule has 1 amide bonds. The van der Waals surface area contributed by atoms with Crippen LogP contribution in [0.15, 0.2) is 0 Å². The normalized spacial score (nSPS) is 16.1. The molecule has 4 heteroatoms. The van der Waals surface area contributed by atoms with Gasteiger partial charge in [-0.15, -0.1) is 0 Å². The third-order valence-corrected chi connectivity index (χ3v) is 2.83. The summed E-state index contributed by atoms with van der Waals surface area (Å²) in [6, 6.07) is 0. The fourth-order valence-corrected chi connectivity index (χ4v) is 1.55. The molecule has 0 aromatic heterocycles. The maximum absolute atomic E-state index is 11.2. The molecule has 80 valence electrons. The van der Waals surface area contributed by atoms with E-state index in [1.54, 1.807) is 7.05 Å². The molecule has 0 saturated heterocycles. The Balaban J connectivity index is 2.15. The quantitative estimate of drug-likeness (QED) is 0.675. The van der Waals surface area contributed by atoms with E-state index < -0.39 is 5.97 Å². The fraction of sp³-hybridized carbons (Fsp3) is 0.800. The lowest BCUT2D eigenvalue weighted by molar-refractivity contribution is -0.143. The Hall–Kier alpha value is -1.06. The molecular weight excluding hydrogens is 182 g/mol. The summed E-state index contributed by atoms with van der Waals surface area (Å²) >= 11 is 0. The van der Waals surface area contributed by atoms with Gasteiger partial charge in [-0.25, -0.2) is 0 Å². The Morgan fingerprint density at radius 3 is 2.50 bits per heavy atom. The number of amides is 1. The number of rotatable bonds is 5. The second kappa shape index (κ2) is 4.98. The molecule has 0 radical (unpaired) electrons. The first-order chi connectivity index (χ1) is 6.59. The Kier molecular flexibility index (Phi) is 3.92. The lowest BCUT2D eigenvalue weighted by Gasteiger charge is -2.27. The van der Waals surface area contributed by atoms with Crippen LogP contribution in [-0.2, 0) is 9.59 Å². The van der Waals surface area contributed by atoms with Crippen LogP contribution in [0.4, 0.5) is 0 Å². The van der Waals surface area contributed by atoms with Crippen LogP contribution in [-0.4, -0.2) is 35.5 Å². The van der Waals surface area contributed by atoms with E-state index in [-0.39, 0.29) is 12.3 Å². The van der Waals surface area contributed by atoms with E-state index in [2.05, 4.69) is 0 Å². The van der Waals surface area contributed by atoms with Crippen molar-refractivity contribution in [3.63, 3.8) is 0 Å².